The van der Waals surface area contributed by atoms with Crippen molar-refractivity contribution in [2.45, 2.75) is 31.4 Å². The fourth-order valence-corrected chi connectivity index (χ4v) is 3.86. The second-order valence-electron chi connectivity index (χ2n) is 8.19. The van der Waals surface area contributed by atoms with Crippen LogP contribution in [0.1, 0.15) is 41.7 Å². The number of nitrogens with one attached hydrogen (secondary N) is 1. The molecule has 2 fully saturated rings. The van der Waals surface area contributed by atoms with Crippen LogP contribution in [0.4, 0.5) is 11.4 Å². The number of nitrogens with two attached hydrogens (primary N) is 1. The molecule has 2 aromatic carbocycles. The molecule has 1 saturated carbocycles. The fraction of sp³-hybridized carbons (Fsp3) is 0.391. The average molecular weight is 409 g/mol. The Kier molecular flexibility index (Phi) is 5.39. The molecular weight excluding hydrogens is 380 g/mol. The third kappa shape index (κ3) is 4.11. The molecule has 0 radical (unpaired) electrons. The van der Waals surface area contributed by atoms with Gasteiger partial charge in [0.15, 0.2) is 0 Å². The first-order valence-electron chi connectivity index (χ1n) is 10.4. The van der Waals surface area contributed by atoms with Gasteiger partial charge in [0.2, 0.25) is 0 Å². The lowest BCUT2D eigenvalue weighted by Crippen LogP contribution is -2.53. The number of nitrogen functional groups attached to an aromatic ring is 1. The van der Waals surface area contributed by atoms with Gasteiger partial charge in [0.25, 0.3) is 11.8 Å². The van der Waals surface area contributed by atoms with E-state index in [0.717, 1.165) is 16.9 Å². The van der Waals surface area contributed by atoms with Crippen LogP contribution >= 0.6 is 0 Å². The number of para-hydroxylation sites is 1. The number of aliphatic hydroxyl groups is 1. The van der Waals surface area contributed by atoms with Gasteiger partial charge in [-0.15, -0.1) is 0 Å². The van der Waals surface area contributed by atoms with Gasteiger partial charge in [-0.3, -0.25) is 9.59 Å². The van der Waals surface area contributed by atoms with E-state index in [0.29, 0.717) is 44.6 Å². The van der Waals surface area contributed by atoms with Crippen LogP contribution in [-0.4, -0.2) is 58.5 Å². The van der Waals surface area contributed by atoms with Gasteiger partial charge < -0.3 is 26.0 Å². The molecule has 4 N–H and O–H groups in total. The van der Waals surface area contributed by atoms with Crippen LogP contribution in [0.15, 0.2) is 48.5 Å². The minimum atomic E-state index is -1.14. The highest BCUT2D eigenvalue weighted by atomic mass is 16.3. The molecule has 7 nitrogen and oxygen atoms in total. The van der Waals surface area contributed by atoms with E-state index >= 15 is 0 Å². The highest BCUT2D eigenvalue weighted by Gasteiger charge is 2.50. The number of hydrogen-bond donors (Lipinski definition) is 3. The lowest BCUT2D eigenvalue weighted by Gasteiger charge is -2.35. The highest BCUT2D eigenvalue weighted by Crippen LogP contribution is 2.37. The molecular formula is C23H28N4O3. The first kappa shape index (κ1) is 20.2. The second-order valence-corrected chi connectivity index (χ2v) is 8.19. The predicted octanol–water partition coefficient (Wildman–Crippen LogP) is 2.25. The minimum absolute atomic E-state index is 0.0413. The molecule has 7 heteroatoms. The van der Waals surface area contributed by atoms with E-state index in [1.807, 2.05) is 55.5 Å². The molecule has 1 aliphatic carbocycles. The van der Waals surface area contributed by atoms with Crippen LogP contribution in [0.2, 0.25) is 0 Å². The summed E-state index contributed by atoms with van der Waals surface area (Å²) in [4.78, 5) is 28.5. The summed E-state index contributed by atoms with van der Waals surface area (Å²) in [5, 5.41) is 13.4. The molecule has 0 bridgehead atoms. The molecule has 1 heterocycles. The Morgan fingerprint density at radius 3 is 2.20 bits per heavy atom. The standard InChI is InChI=1S/C23H28N4O3/c1-16(19-4-2-3-5-20(19)24)25-18-8-6-17(7-9-18)21(28)26-12-14-27(15-13-26)22(29)23(30)10-11-23/h2-9,16,25,30H,10-15,24H2,1H3. The number of piperazine rings is 1. The molecule has 30 heavy (non-hydrogen) atoms. The quantitative estimate of drug-likeness (QED) is 0.659. The molecule has 0 spiro atoms. The van der Waals surface area contributed by atoms with Crippen LogP contribution in [0.25, 0.3) is 0 Å². The zero-order chi connectivity index (χ0) is 21.3. The summed E-state index contributed by atoms with van der Waals surface area (Å²) in [7, 11) is 0. The van der Waals surface area contributed by atoms with Gasteiger partial charge in [-0.25, -0.2) is 0 Å². The lowest BCUT2D eigenvalue weighted by atomic mass is 10.1. The summed E-state index contributed by atoms with van der Waals surface area (Å²) in [5.74, 6) is -0.239. The minimum Gasteiger partial charge on any atom is -0.398 e. The smallest absolute Gasteiger partial charge is 0.254 e. The molecule has 2 amide bonds. The monoisotopic (exact) mass is 408 g/mol. The van der Waals surface area contributed by atoms with E-state index < -0.39 is 5.60 Å². The van der Waals surface area contributed by atoms with E-state index in [2.05, 4.69) is 5.32 Å². The summed E-state index contributed by atoms with van der Waals surface area (Å²) in [6.07, 6.45) is 1.09. The zero-order valence-electron chi connectivity index (χ0n) is 17.2. The number of carbonyl (C=O) groups excluding carboxylic acids is 2. The number of rotatable bonds is 5. The summed E-state index contributed by atoms with van der Waals surface area (Å²) in [6.45, 7) is 3.92. The maximum atomic E-state index is 12.8. The van der Waals surface area contributed by atoms with Gasteiger partial charge in [-0.2, -0.15) is 0 Å². The Hall–Kier alpha value is -3.06. The molecule has 0 aromatic heterocycles. The SMILES string of the molecule is CC(Nc1ccc(C(=O)N2CCN(C(=O)C3(O)CC3)CC2)cc1)c1ccccc1N. The van der Waals surface area contributed by atoms with E-state index in [4.69, 9.17) is 5.73 Å². The van der Waals surface area contributed by atoms with Crippen molar-refractivity contribution >= 4 is 23.2 Å². The Balaban J connectivity index is 1.33. The van der Waals surface area contributed by atoms with Crippen LogP contribution in [0.3, 0.4) is 0 Å². The number of anilines is 2. The number of benzene rings is 2. The molecule has 2 aliphatic rings. The molecule has 1 unspecified atom stereocenters. The van der Waals surface area contributed by atoms with Crippen molar-refractivity contribution in [3.05, 3.63) is 59.7 Å². The highest BCUT2D eigenvalue weighted by molar-refractivity contribution is 5.95. The summed E-state index contributed by atoms with van der Waals surface area (Å²) in [5.41, 5.74) is 8.21. The molecule has 1 saturated heterocycles. The maximum absolute atomic E-state index is 12.8. The van der Waals surface area contributed by atoms with Gasteiger partial charge in [0.1, 0.15) is 5.60 Å². The van der Waals surface area contributed by atoms with E-state index in [1.54, 1.807) is 9.80 Å². The second kappa shape index (κ2) is 7.99. The molecule has 2 aromatic rings. The van der Waals surface area contributed by atoms with Crippen molar-refractivity contribution in [2.75, 3.05) is 37.2 Å². The van der Waals surface area contributed by atoms with Crippen LogP contribution < -0.4 is 11.1 Å². The summed E-state index contributed by atoms with van der Waals surface area (Å²) < 4.78 is 0. The molecule has 158 valence electrons. The van der Waals surface area contributed by atoms with Gasteiger partial charge in [-0.05, 0) is 55.7 Å². The maximum Gasteiger partial charge on any atom is 0.254 e. The van der Waals surface area contributed by atoms with Crippen molar-refractivity contribution < 1.29 is 14.7 Å². The number of nitrogens with zero attached hydrogens (tertiary/aromatic N) is 2. The summed E-state index contributed by atoms with van der Waals surface area (Å²) in [6, 6.07) is 15.2. The largest absolute Gasteiger partial charge is 0.398 e. The number of hydrogen-bond acceptors (Lipinski definition) is 5. The molecule has 1 aliphatic heterocycles. The Bertz CT molecular complexity index is 932. The number of carbonyl (C=O) groups is 2. The van der Waals surface area contributed by atoms with E-state index in [-0.39, 0.29) is 17.9 Å². The third-order valence-electron chi connectivity index (χ3n) is 5.95. The Labute approximate surface area is 176 Å². The zero-order valence-corrected chi connectivity index (χ0v) is 17.2. The van der Waals surface area contributed by atoms with Crippen molar-refractivity contribution in [2.24, 2.45) is 0 Å². The Morgan fingerprint density at radius 2 is 1.60 bits per heavy atom. The topological polar surface area (TPSA) is 98.9 Å². The van der Waals surface area contributed by atoms with Gasteiger partial charge >= 0.3 is 0 Å². The van der Waals surface area contributed by atoms with E-state index in [9.17, 15) is 14.7 Å². The van der Waals surface area contributed by atoms with Crippen molar-refractivity contribution in [3.8, 4) is 0 Å². The third-order valence-corrected chi connectivity index (χ3v) is 5.95. The van der Waals surface area contributed by atoms with Crippen molar-refractivity contribution in [1.29, 1.82) is 0 Å². The van der Waals surface area contributed by atoms with Crippen LogP contribution in [0, 0.1) is 0 Å². The lowest BCUT2D eigenvalue weighted by molar-refractivity contribution is -0.143. The first-order valence-corrected chi connectivity index (χ1v) is 10.4. The molecule has 4 rings (SSSR count). The van der Waals surface area contributed by atoms with Gasteiger partial charge in [-0.1, -0.05) is 18.2 Å². The summed E-state index contributed by atoms with van der Waals surface area (Å²) >= 11 is 0. The fourth-order valence-electron chi connectivity index (χ4n) is 3.86. The van der Waals surface area contributed by atoms with Crippen LogP contribution in [-0.2, 0) is 4.79 Å². The number of amides is 2. The average Bonchev–Trinajstić information content (AvgIpc) is 3.52. The first-order chi connectivity index (χ1) is 14.4. The normalized spacial score (nSPS) is 18.6. The van der Waals surface area contributed by atoms with Gasteiger partial charge in [0.05, 0.1) is 6.04 Å². The van der Waals surface area contributed by atoms with E-state index in [1.165, 1.54) is 0 Å². The van der Waals surface area contributed by atoms with Crippen LogP contribution in [0.5, 0.6) is 0 Å². The Morgan fingerprint density at radius 1 is 1.00 bits per heavy atom. The van der Waals surface area contributed by atoms with Crippen molar-refractivity contribution in [3.63, 3.8) is 0 Å². The molecule has 1 atom stereocenters. The predicted molar refractivity (Wildman–Crippen MR) is 116 cm³/mol. The van der Waals surface area contributed by atoms with Crippen molar-refractivity contribution in [1.82, 2.24) is 9.80 Å². The van der Waals surface area contributed by atoms with Gasteiger partial charge in [0, 0.05) is 43.1 Å².